The minimum absolute atomic E-state index is 0.0293. The number of amides is 2. The topological polar surface area (TPSA) is 75.3 Å². The first-order valence-corrected chi connectivity index (χ1v) is 9.84. The summed E-state index contributed by atoms with van der Waals surface area (Å²) in [6.45, 7) is 6.44. The summed E-state index contributed by atoms with van der Waals surface area (Å²) >= 11 is 1.76. The summed E-state index contributed by atoms with van der Waals surface area (Å²) in [5.41, 5.74) is 0.691. The highest BCUT2D eigenvalue weighted by Gasteiger charge is 2.28. The second-order valence-corrected chi connectivity index (χ2v) is 10.6. The maximum absolute atomic E-state index is 11.9. The van der Waals surface area contributed by atoms with E-state index in [1.165, 1.54) is 0 Å². The van der Waals surface area contributed by atoms with Crippen molar-refractivity contribution < 1.29 is 13.2 Å². The zero-order chi connectivity index (χ0) is 16.4. The fraction of sp³-hybridized carbons (Fsp3) is 0.533. The highest BCUT2D eigenvalue weighted by molar-refractivity contribution is 8.00. The van der Waals surface area contributed by atoms with Crippen LogP contribution in [0.2, 0.25) is 0 Å². The number of nitrogens with one attached hydrogen (secondary N) is 2. The van der Waals surface area contributed by atoms with Gasteiger partial charge in [-0.1, -0.05) is 20.8 Å². The van der Waals surface area contributed by atoms with Gasteiger partial charge in [-0.05, 0) is 30.7 Å². The first-order valence-electron chi connectivity index (χ1n) is 7.20. The van der Waals surface area contributed by atoms with Crippen LogP contribution in [0.3, 0.4) is 0 Å². The molecule has 1 unspecified atom stereocenters. The molecule has 1 aliphatic heterocycles. The van der Waals surface area contributed by atoms with Gasteiger partial charge in [0.1, 0.15) is 0 Å². The van der Waals surface area contributed by atoms with Gasteiger partial charge in [-0.25, -0.2) is 13.2 Å². The molecule has 1 heterocycles. The molecule has 1 atom stereocenters. The van der Waals surface area contributed by atoms with Crippen LogP contribution in [0.5, 0.6) is 0 Å². The van der Waals surface area contributed by atoms with Crippen molar-refractivity contribution in [1.29, 1.82) is 0 Å². The van der Waals surface area contributed by atoms with Crippen LogP contribution in [0.25, 0.3) is 0 Å². The number of hydrogen-bond acceptors (Lipinski definition) is 4. The molecule has 0 saturated carbocycles. The number of anilines is 1. The molecule has 1 aliphatic rings. The number of carbonyl (C=O) groups excluding carboxylic acids is 1. The maximum atomic E-state index is 11.9. The van der Waals surface area contributed by atoms with Crippen molar-refractivity contribution in [2.75, 3.05) is 16.8 Å². The summed E-state index contributed by atoms with van der Waals surface area (Å²) in [6.07, 6.45) is 0.483. The van der Waals surface area contributed by atoms with Crippen LogP contribution >= 0.6 is 11.8 Å². The smallest absolute Gasteiger partial charge is 0.319 e. The Kier molecular flexibility index (Phi) is 5.07. The molecule has 5 nitrogen and oxygen atoms in total. The molecule has 2 N–H and O–H groups in total. The number of urea groups is 1. The van der Waals surface area contributed by atoms with Crippen LogP contribution in [0.4, 0.5) is 10.5 Å². The van der Waals surface area contributed by atoms with Crippen molar-refractivity contribution in [2.24, 2.45) is 0 Å². The molecule has 2 rings (SSSR count). The largest absolute Gasteiger partial charge is 0.334 e. The molecule has 1 fully saturated rings. The van der Waals surface area contributed by atoms with E-state index in [1.54, 1.807) is 11.8 Å². The molecular formula is C15H22N2O3S2. The van der Waals surface area contributed by atoms with E-state index in [0.717, 1.165) is 4.90 Å². The van der Waals surface area contributed by atoms with Gasteiger partial charge in [0.2, 0.25) is 0 Å². The van der Waals surface area contributed by atoms with Crippen molar-refractivity contribution in [3.8, 4) is 0 Å². The number of sulfone groups is 1. The lowest BCUT2D eigenvalue weighted by Crippen LogP contribution is -2.38. The van der Waals surface area contributed by atoms with Gasteiger partial charge < -0.3 is 10.6 Å². The first kappa shape index (κ1) is 17.1. The Morgan fingerprint density at radius 2 is 1.86 bits per heavy atom. The van der Waals surface area contributed by atoms with Gasteiger partial charge in [0.25, 0.3) is 0 Å². The monoisotopic (exact) mass is 342 g/mol. The van der Waals surface area contributed by atoms with E-state index >= 15 is 0 Å². The van der Waals surface area contributed by atoms with Crippen molar-refractivity contribution in [3.63, 3.8) is 0 Å². The molecule has 0 aromatic heterocycles. The third kappa shape index (κ3) is 5.53. The van der Waals surface area contributed by atoms with Crippen LogP contribution < -0.4 is 10.6 Å². The van der Waals surface area contributed by atoms with Crippen LogP contribution in [-0.4, -0.2) is 36.7 Å². The average molecular weight is 342 g/mol. The van der Waals surface area contributed by atoms with Gasteiger partial charge in [0, 0.05) is 21.4 Å². The fourth-order valence-electron chi connectivity index (χ4n) is 2.22. The highest BCUT2D eigenvalue weighted by Crippen LogP contribution is 2.32. The van der Waals surface area contributed by atoms with Crippen LogP contribution in [0, 0.1) is 0 Å². The first-order chi connectivity index (χ1) is 10.1. The van der Waals surface area contributed by atoms with E-state index in [0.29, 0.717) is 12.1 Å². The third-order valence-electron chi connectivity index (χ3n) is 3.10. The molecule has 22 heavy (non-hydrogen) atoms. The second kappa shape index (κ2) is 6.50. The van der Waals surface area contributed by atoms with E-state index in [2.05, 4.69) is 31.4 Å². The summed E-state index contributed by atoms with van der Waals surface area (Å²) in [5, 5.41) is 5.43. The summed E-state index contributed by atoms with van der Waals surface area (Å²) < 4.78 is 22.9. The molecule has 0 aliphatic carbocycles. The summed E-state index contributed by atoms with van der Waals surface area (Å²) in [5.74, 6) is 0.179. The molecule has 0 spiro atoms. The number of benzene rings is 1. The predicted octanol–water partition coefficient (Wildman–Crippen LogP) is 2.89. The Hall–Kier alpha value is -1.21. The zero-order valence-electron chi connectivity index (χ0n) is 13.0. The molecule has 1 aromatic rings. The maximum Gasteiger partial charge on any atom is 0.319 e. The average Bonchev–Trinajstić information content (AvgIpc) is 2.69. The van der Waals surface area contributed by atoms with Crippen LogP contribution in [0.1, 0.15) is 27.2 Å². The minimum Gasteiger partial charge on any atom is -0.334 e. The zero-order valence-corrected chi connectivity index (χ0v) is 14.7. The van der Waals surface area contributed by atoms with E-state index < -0.39 is 9.84 Å². The van der Waals surface area contributed by atoms with Crippen molar-refractivity contribution in [3.05, 3.63) is 24.3 Å². The van der Waals surface area contributed by atoms with Crippen molar-refractivity contribution >= 4 is 33.3 Å². The summed E-state index contributed by atoms with van der Waals surface area (Å²) in [4.78, 5) is 13.0. The molecule has 1 saturated heterocycles. The molecule has 0 bridgehead atoms. The van der Waals surface area contributed by atoms with Crippen LogP contribution in [-0.2, 0) is 9.84 Å². The van der Waals surface area contributed by atoms with Gasteiger partial charge in [0.15, 0.2) is 9.84 Å². The molecule has 122 valence electrons. The number of rotatable bonds is 3. The molecule has 1 aromatic carbocycles. The SMILES string of the molecule is CC(C)(C)Sc1ccc(NC(=O)NC2CCS(=O)(=O)C2)cc1. The Morgan fingerprint density at radius 1 is 1.23 bits per heavy atom. The van der Waals surface area contributed by atoms with E-state index in [1.807, 2.05) is 24.3 Å². The number of carbonyl (C=O) groups is 1. The quantitative estimate of drug-likeness (QED) is 0.828. The van der Waals surface area contributed by atoms with Gasteiger partial charge in [-0.3, -0.25) is 0 Å². The lowest BCUT2D eigenvalue weighted by Gasteiger charge is -2.17. The van der Waals surface area contributed by atoms with Gasteiger partial charge >= 0.3 is 6.03 Å². The minimum atomic E-state index is -2.98. The molecule has 0 radical (unpaired) electrons. The van der Waals surface area contributed by atoms with Gasteiger partial charge in [-0.15, -0.1) is 11.8 Å². The molecule has 7 heteroatoms. The van der Waals surface area contributed by atoms with Crippen LogP contribution in [0.15, 0.2) is 29.2 Å². The number of thioether (sulfide) groups is 1. The normalized spacial score (nSPS) is 20.6. The Balaban J connectivity index is 1.87. The van der Waals surface area contributed by atoms with E-state index in [-0.39, 0.29) is 28.3 Å². The third-order valence-corrected chi connectivity index (χ3v) is 5.99. The highest BCUT2D eigenvalue weighted by atomic mass is 32.2. The fourth-order valence-corrected chi connectivity index (χ4v) is 4.87. The Labute approximate surface area is 136 Å². The van der Waals surface area contributed by atoms with Crippen molar-refractivity contribution in [2.45, 2.75) is 42.9 Å². The standard InChI is InChI=1S/C15H22N2O3S2/c1-15(2,3)21-13-6-4-11(5-7-13)16-14(18)17-12-8-9-22(19,20)10-12/h4-7,12H,8-10H2,1-3H3,(H2,16,17,18). The number of hydrogen-bond donors (Lipinski definition) is 2. The van der Waals surface area contributed by atoms with Gasteiger partial charge in [0.05, 0.1) is 11.5 Å². The lowest BCUT2D eigenvalue weighted by atomic mass is 10.3. The Bertz CT molecular complexity index is 634. The summed E-state index contributed by atoms with van der Waals surface area (Å²) in [7, 11) is -2.98. The summed E-state index contributed by atoms with van der Waals surface area (Å²) in [6, 6.07) is 6.97. The van der Waals surface area contributed by atoms with E-state index in [4.69, 9.17) is 0 Å². The second-order valence-electron chi connectivity index (χ2n) is 6.44. The predicted molar refractivity (Wildman–Crippen MR) is 91.3 cm³/mol. The lowest BCUT2D eigenvalue weighted by molar-refractivity contribution is 0.249. The Morgan fingerprint density at radius 3 is 2.36 bits per heavy atom. The molecule has 2 amide bonds. The van der Waals surface area contributed by atoms with E-state index in [9.17, 15) is 13.2 Å². The van der Waals surface area contributed by atoms with Gasteiger partial charge in [-0.2, -0.15) is 0 Å². The van der Waals surface area contributed by atoms with Crippen molar-refractivity contribution in [1.82, 2.24) is 5.32 Å². The molecular weight excluding hydrogens is 320 g/mol.